The topological polar surface area (TPSA) is 43.1 Å². The smallest absolute Gasteiger partial charge is 0.0633 e. The molecular weight excluding hydrogens is 369 g/mol. The van der Waals surface area contributed by atoms with Gasteiger partial charge in [0.05, 0.1) is 31.5 Å². The average molecular weight is 379 g/mol. The van der Waals surface area contributed by atoms with E-state index in [4.69, 9.17) is 28.9 Å². The van der Waals surface area contributed by atoms with E-state index in [1.165, 1.54) is 0 Å². The zero-order valence-corrected chi connectivity index (χ0v) is 13.6. The molecule has 2 N–H and O–H groups in total. The van der Waals surface area contributed by atoms with Crippen molar-refractivity contribution in [2.75, 3.05) is 5.73 Å². The molecule has 2 aromatic rings. The van der Waals surface area contributed by atoms with Gasteiger partial charge in [-0.1, -0.05) is 51.3 Å². The van der Waals surface area contributed by atoms with Gasteiger partial charge in [0.15, 0.2) is 0 Å². The Hall–Kier alpha value is -0.550. The van der Waals surface area contributed by atoms with Crippen LogP contribution in [-0.2, 0) is 16.6 Å². The summed E-state index contributed by atoms with van der Waals surface area (Å²) in [4.78, 5) is 0.597. The van der Waals surface area contributed by atoms with Gasteiger partial charge in [-0.15, -0.1) is 0 Å². The Bertz CT molecular complexity index is 649. The number of halogens is 3. The summed E-state index contributed by atoms with van der Waals surface area (Å²) in [5.74, 6) is 0.283. The molecule has 0 radical (unpaired) electrons. The molecule has 6 heteroatoms. The lowest BCUT2D eigenvalue weighted by Crippen LogP contribution is -2.01. The Balaban J connectivity index is 2.28. The molecule has 0 saturated heterocycles. The summed E-state index contributed by atoms with van der Waals surface area (Å²) in [7, 11) is -1.26. The zero-order valence-electron chi connectivity index (χ0n) is 9.70. The Kier molecular flexibility index (Phi) is 4.90. The molecule has 2 nitrogen and oxygen atoms in total. The van der Waals surface area contributed by atoms with Crippen LogP contribution in [-0.4, -0.2) is 4.21 Å². The number of nitrogen functional groups attached to an aromatic ring is 1. The molecule has 1 unspecified atom stereocenters. The SMILES string of the molecule is Nc1cc(Br)ccc1S(=O)Cc1cccc(Cl)c1Cl. The predicted molar refractivity (Wildman–Crippen MR) is 85.1 cm³/mol. The second-order valence-electron chi connectivity index (χ2n) is 3.88. The van der Waals surface area contributed by atoms with Gasteiger partial charge in [0.1, 0.15) is 0 Å². The molecule has 2 rings (SSSR count). The minimum Gasteiger partial charge on any atom is -0.398 e. The van der Waals surface area contributed by atoms with E-state index in [1.54, 1.807) is 30.3 Å². The van der Waals surface area contributed by atoms with Crippen LogP contribution >= 0.6 is 39.1 Å². The monoisotopic (exact) mass is 377 g/mol. The molecule has 19 heavy (non-hydrogen) atoms. The van der Waals surface area contributed by atoms with Gasteiger partial charge < -0.3 is 5.73 Å². The molecule has 0 saturated carbocycles. The quantitative estimate of drug-likeness (QED) is 0.790. The third kappa shape index (κ3) is 3.51. The van der Waals surface area contributed by atoms with Crippen molar-refractivity contribution in [1.82, 2.24) is 0 Å². The molecule has 0 fully saturated rings. The average Bonchev–Trinajstić information content (AvgIpc) is 2.34. The summed E-state index contributed by atoms with van der Waals surface area (Å²) >= 11 is 15.3. The number of rotatable bonds is 3. The third-order valence-corrected chi connectivity index (χ3v) is 5.32. The van der Waals surface area contributed by atoms with Crippen molar-refractivity contribution in [2.45, 2.75) is 10.6 Å². The maximum atomic E-state index is 12.3. The first kappa shape index (κ1) is 14.9. The van der Waals surface area contributed by atoms with Crippen molar-refractivity contribution < 1.29 is 4.21 Å². The van der Waals surface area contributed by atoms with Gasteiger partial charge in [-0.3, -0.25) is 4.21 Å². The second-order valence-corrected chi connectivity index (χ2v) is 7.01. The van der Waals surface area contributed by atoms with Crippen molar-refractivity contribution in [3.63, 3.8) is 0 Å². The molecular formula is C13H10BrCl2NOS. The molecule has 2 aromatic carbocycles. The maximum Gasteiger partial charge on any atom is 0.0633 e. The summed E-state index contributed by atoms with van der Waals surface area (Å²) < 4.78 is 13.2. The fourth-order valence-electron chi connectivity index (χ4n) is 1.61. The largest absolute Gasteiger partial charge is 0.398 e. The van der Waals surface area contributed by atoms with Crippen molar-refractivity contribution >= 4 is 55.6 Å². The lowest BCUT2D eigenvalue weighted by Gasteiger charge is -2.08. The second kappa shape index (κ2) is 6.27. The first-order chi connectivity index (χ1) is 8.99. The van der Waals surface area contributed by atoms with Gasteiger partial charge >= 0.3 is 0 Å². The lowest BCUT2D eigenvalue weighted by atomic mass is 10.2. The molecule has 0 spiro atoms. The van der Waals surface area contributed by atoms with Gasteiger partial charge in [-0.2, -0.15) is 0 Å². The number of hydrogen-bond donors (Lipinski definition) is 1. The summed E-state index contributed by atoms with van der Waals surface area (Å²) in [5.41, 5.74) is 7.10. The van der Waals surface area contributed by atoms with Crippen LogP contribution in [0.3, 0.4) is 0 Å². The first-order valence-corrected chi connectivity index (χ1v) is 8.22. The number of nitrogens with two attached hydrogens (primary N) is 1. The van der Waals surface area contributed by atoms with Crippen LogP contribution in [0.1, 0.15) is 5.56 Å². The van der Waals surface area contributed by atoms with E-state index < -0.39 is 10.8 Å². The summed E-state index contributed by atoms with van der Waals surface area (Å²) in [6.07, 6.45) is 0. The number of anilines is 1. The van der Waals surface area contributed by atoms with E-state index in [9.17, 15) is 4.21 Å². The van der Waals surface area contributed by atoms with Crippen LogP contribution in [0.4, 0.5) is 5.69 Å². The van der Waals surface area contributed by atoms with Crippen LogP contribution in [0.15, 0.2) is 45.8 Å². The van der Waals surface area contributed by atoms with E-state index >= 15 is 0 Å². The van der Waals surface area contributed by atoms with Crippen LogP contribution in [0.2, 0.25) is 10.0 Å². The van der Waals surface area contributed by atoms with Gasteiger partial charge in [-0.25, -0.2) is 0 Å². The van der Waals surface area contributed by atoms with E-state index in [1.807, 2.05) is 6.07 Å². The zero-order chi connectivity index (χ0) is 14.0. The highest BCUT2D eigenvalue weighted by atomic mass is 79.9. The molecule has 0 aliphatic carbocycles. The highest BCUT2D eigenvalue weighted by molar-refractivity contribution is 9.10. The molecule has 0 amide bonds. The Morgan fingerprint density at radius 2 is 1.95 bits per heavy atom. The van der Waals surface area contributed by atoms with Crippen LogP contribution in [0.5, 0.6) is 0 Å². The third-order valence-electron chi connectivity index (χ3n) is 2.54. The highest BCUT2D eigenvalue weighted by Gasteiger charge is 2.12. The summed E-state index contributed by atoms with van der Waals surface area (Å²) in [6, 6.07) is 10.6. The summed E-state index contributed by atoms with van der Waals surface area (Å²) in [5, 5.41) is 0.896. The Labute approximate surface area is 132 Å². The molecule has 0 aromatic heterocycles. The molecule has 100 valence electrons. The van der Waals surface area contributed by atoms with Gasteiger partial charge in [0.25, 0.3) is 0 Å². The van der Waals surface area contributed by atoms with Gasteiger partial charge in [-0.05, 0) is 29.8 Å². The molecule has 0 aliphatic rings. The standard InChI is InChI=1S/C13H10BrCl2NOS/c14-9-4-5-12(11(17)6-9)19(18)7-8-2-1-3-10(15)13(8)16/h1-6H,7,17H2. The Morgan fingerprint density at radius 1 is 1.21 bits per heavy atom. The predicted octanol–water partition coefficient (Wildman–Crippen LogP) is 4.65. The van der Waals surface area contributed by atoms with E-state index in [2.05, 4.69) is 15.9 Å². The fraction of sp³-hybridized carbons (Fsp3) is 0.0769. The van der Waals surface area contributed by atoms with Crippen molar-refractivity contribution in [1.29, 1.82) is 0 Å². The fourth-order valence-corrected chi connectivity index (χ4v) is 3.67. The van der Waals surface area contributed by atoms with Gasteiger partial charge in [0, 0.05) is 10.2 Å². The highest BCUT2D eigenvalue weighted by Crippen LogP contribution is 2.29. The van der Waals surface area contributed by atoms with Crippen molar-refractivity contribution in [2.24, 2.45) is 0 Å². The van der Waals surface area contributed by atoms with E-state index in [-0.39, 0.29) is 5.75 Å². The molecule has 0 aliphatic heterocycles. The molecule has 0 heterocycles. The van der Waals surface area contributed by atoms with E-state index in [0.29, 0.717) is 20.6 Å². The number of benzene rings is 2. The normalized spacial score (nSPS) is 12.4. The van der Waals surface area contributed by atoms with Crippen molar-refractivity contribution in [3.8, 4) is 0 Å². The van der Waals surface area contributed by atoms with Crippen molar-refractivity contribution in [3.05, 3.63) is 56.5 Å². The molecule has 0 bridgehead atoms. The minimum atomic E-state index is -1.26. The van der Waals surface area contributed by atoms with Crippen LogP contribution in [0, 0.1) is 0 Å². The van der Waals surface area contributed by atoms with Gasteiger partial charge in [0.2, 0.25) is 0 Å². The minimum absolute atomic E-state index is 0.283. The first-order valence-electron chi connectivity index (χ1n) is 5.35. The number of hydrogen-bond acceptors (Lipinski definition) is 2. The van der Waals surface area contributed by atoms with Crippen LogP contribution < -0.4 is 5.73 Å². The van der Waals surface area contributed by atoms with Crippen LogP contribution in [0.25, 0.3) is 0 Å². The molecule has 1 atom stereocenters. The Morgan fingerprint density at radius 3 is 2.63 bits per heavy atom. The summed E-state index contributed by atoms with van der Waals surface area (Å²) in [6.45, 7) is 0. The lowest BCUT2D eigenvalue weighted by molar-refractivity contribution is 0.683. The van der Waals surface area contributed by atoms with E-state index in [0.717, 1.165) is 10.0 Å². The maximum absolute atomic E-state index is 12.3.